The highest BCUT2D eigenvalue weighted by Gasteiger charge is 2.30. The van der Waals surface area contributed by atoms with Gasteiger partial charge in [-0.25, -0.2) is 13.1 Å². The number of nitrogens with one attached hydrogen (secondary N) is 1. The fourth-order valence-electron chi connectivity index (χ4n) is 2.73. The Balaban J connectivity index is 2.29. The van der Waals surface area contributed by atoms with Gasteiger partial charge in [0, 0.05) is 17.8 Å². The van der Waals surface area contributed by atoms with Gasteiger partial charge in [-0.1, -0.05) is 19.8 Å². The first kappa shape index (κ1) is 15.7. The Morgan fingerprint density at radius 1 is 1.38 bits per heavy atom. The standard InChI is InChI=1S/C13H19N3O4S/c1-9-3-2-4-11(7-9)15-21(19,20)13-6-5-10(14)8-12(13)16(17)18/h5-6,8-9,11,15H,2-4,7,14H2,1H3. The molecule has 7 nitrogen and oxygen atoms in total. The molecule has 0 heterocycles. The van der Waals surface area contributed by atoms with Crippen LogP contribution in [0, 0.1) is 16.0 Å². The molecule has 0 aliphatic heterocycles. The lowest BCUT2D eigenvalue weighted by molar-refractivity contribution is -0.387. The summed E-state index contributed by atoms with van der Waals surface area (Å²) in [6, 6.07) is 3.43. The van der Waals surface area contributed by atoms with E-state index in [9.17, 15) is 18.5 Å². The van der Waals surface area contributed by atoms with E-state index in [2.05, 4.69) is 11.6 Å². The Kier molecular flexibility index (Phi) is 4.48. The molecule has 3 N–H and O–H groups in total. The molecule has 0 amide bonds. The predicted molar refractivity (Wildman–Crippen MR) is 79.3 cm³/mol. The highest BCUT2D eigenvalue weighted by molar-refractivity contribution is 7.89. The lowest BCUT2D eigenvalue weighted by Gasteiger charge is -2.27. The Morgan fingerprint density at radius 3 is 2.71 bits per heavy atom. The Labute approximate surface area is 123 Å². The quantitative estimate of drug-likeness (QED) is 0.501. The molecular formula is C13H19N3O4S. The number of nitrogens with two attached hydrogens (primary N) is 1. The van der Waals surface area contributed by atoms with Gasteiger partial charge in [-0.15, -0.1) is 0 Å². The third-order valence-corrected chi connectivity index (χ3v) is 5.30. The SMILES string of the molecule is CC1CCCC(NS(=O)(=O)c2ccc(N)cc2[N+](=O)[O-])C1. The number of hydrogen-bond acceptors (Lipinski definition) is 5. The number of nitro groups is 1. The van der Waals surface area contributed by atoms with Gasteiger partial charge < -0.3 is 5.73 Å². The number of nitrogen functional groups attached to an aromatic ring is 1. The van der Waals surface area contributed by atoms with Crippen LogP contribution in [0.15, 0.2) is 23.1 Å². The maximum Gasteiger partial charge on any atom is 0.291 e. The largest absolute Gasteiger partial charge is 0.399 e. The van der Waals surface area contributed by atoms with Gasteiger partial charge in [0.05, 0.1) is 4.92 Å². The number of rotatable bonds is 4. The fourth-order valence-corrected chi connectivity index (χ4v) is 4.16. The summed E-state index contributed by atoms with van der Waals surface area (Å²) in [5, 5.41) is 11.0. The van der Waals surface area contributed by atoms with E-state index in [0.29, 0.717) is 5.92 Å². The van der Waals surface area contributed by atoms with E-state index in [1.807, 2.05) is 0 Å². The lowest BCUT2D eigenvalue weighted by Crippen LogP contribution is -2.38. The summed E-state index contributed by atoms with van der Waals surface area (Å²) in [5.41, 5.74) is 5.16. The second kappa shape index (κ2) is 5.98. The first-order chi connectivity index (χ1) is 9.79. The summed E-state index contributed by atoms with van der Waals surface area (Å²) >= 11 is 0. The molecule has 116 valence electrons. The molecular weight excluding hydrogens is 294 g/mol. The van der Waals surface area contributed by atoms with Crippen LogP contribution >= 0.6 is 0 Å². The maximum absolute atomic E-state index is 12.4. The zero-order valence-electron chi connectivity index (χ0n) is 11.8. The van der Waals surface area contributed by atoms with Gasteiger partial charge in [0.25, 0.3) is 5.69 Å². The number of anilines is 1. The second-order valence-corrected chi connectivity index (χ2v) is 7.26. The first-order valence-electron chi connectivity index (χ1n) is 6.86. The van der Waals surface area contributed by atoms with Crippen LogP contribution in [-0.2, 0) is 10.0 Å². The number of nitro benzene ring substituents is 1. The van der Waals surface area contributed by atoms with E-state index < -0.39 is 20.6 Å². The number of sulfonamides is 1. The van der Waals surface area contributed by atoms with Gasteiger partial charge in [-0.3, -0.25) is 10.1 Å². The molecule has 1 aliphatic rings. The van der Waals surface area contributed by atoms with Crippen LogP contribution in [0.5, 0.6) is 0 Å². The van der Waals surface area contributed by atoms with Crippen molar-refractivity contribution in [3.63, 3.8) is 0 Å². The topological polar surface area (TPSA) is 115 Å². The monoisotopic (exact) mass is 313 g/mol. The van der Waals surface area contributed by atoms with Crippen molar-refractivity contribution < 1.29 is 13.3 Å². The van der Waals surface area contributed by atoms with Gasteiger partial charge >= 0.3 is 0 Å². The number of benzene rings is 1. The summed E-state index contributed by atoms with van der Waals surface area (Å²) in [6.45, 7) is 2.08. The van der Waals surface area contributed by atoms with Crippen molar-refractivity contribution in [1.29, 1.82) is 0 Å². The third-order valence-electron chi connectivity index (χ3n) is 3.73. The summed E-state index contributed by atoms with van der Waals surface area (Å²) in [4.78, 5) is 9.96. The molecule has 2 atom stereocenters. The molecule has 1 aliphatic carbocycles. The number of nitrogens with zero attached hydrogens (tertiary/aromatic N) is 1. The van der Waals surface area contributed by atoms with Gasteiger partial charge in [-0.2, -0.15) is 0 Å². The van der Waals surface area contributed by atoms with E-state index in [4.69, 9.17) is 5.73 Å². The van der Waals surface area contributed by atoms with Crippen LogP contribution in [0.1, 0.15) is 32.6 Å². The van der Waals surface area contributed by atoms with E-state index in [1.54, 1.807) is 0 Å². The smallest absolute Gasteiger partial charge is 0.291 e. The van der Waals surface area contributed by atoms with Gasteiger partial charge in [0.2, 0.25) is 10.0 Å². The average Bonchev–Trinajstić information content (AvgIpc) is 2.37. The van der Waals surface area contributed by atoms with Crippen molar-refractivity contribution in [1.82, 2.24) is 4.72 Å². The molecule has 21 heavy (non-hydrogen) atoms. The summed E-state index contributed by atoms with van der Waals surface area (Å²) in [5.74, 6) is 0.452. The van der Waals surface area contributed by atoms with Crippen LogP contribution in [0.4, 0.5) is 11.4 Å². The minimum atomic E-state index is -3.92. The van der Waals surface area contributed by atoms with Crippen molar-refractivity contribution in [2.45, 2.75) is 43.5 Å². The van der Waals surface area contributed by atoms with Crippen LogP contribution in [0.3, 0.4) is 0 Å². The molecule has 1 saturated carbocycles. The highest BCUT2D eigenvalue weighted by Crippen LogP contribution is 2.28. The van der Waals surface area contributed by atoms with Crippen LogP contribution in [0.25, 0.3) is 0 Å². The van der Waals surface area contributed by atoms with Crippen LogP contribution in [-0.4, -0.2) is 19.4 Å². The lowest BCUT2D eigenvalue weighted by atomic mass is 9.88. The van der Waals surface area contributed by atoms with E-state index in [-0.39, 0.29) is 16.6 Å². The van der Waals surface area contributed by atoms with Crippen molar-refractivity contribution in [2.24, 2.45) is 5.92 Å². The van der Waals surface area contributed by atoms with E-state index in [0.717, 1.165) is 31.7 Å². The van der Waals surface area contributed by atoms with Crippen molar-refractivity contribution >= 4 is 21.4 Å². The summed E-state index contributed by atoms with van der Waals surface area (Å²) < 4.78 is 27.4. The molecule has 1 fully saturated rings. The highest BCUT2D eigenvalue weighted by atomic mass is 32.2. The average molecular weight is 313 g/mol. The molecule has 0 saturated heterocycles. The Bertz CT molecular complexity index is 645. The molecule has 0 radical (unpaired) electrons. The van der Waals surface area contributed by atoms with Crippen molar-refractivity contribution in [3.05, 3.63) is 28.3 Å². The first-order valence-corrected chi connectivity index (χ1v) is 8.34. The molecule has 1 aromatic carbocycles. The van der Waals surface area contributed by atoms with E-state index >= 15 is 0 Å². The molecule has 0 aromatic heterocycles. The Hall–Kier alpha value is -1.67. The predicted octanol–water partition coefficient (Wildman–Crippen LogP) is 2.03. The zero-order chi connectivity index (χ0) is 15.6. The zero-order valence-corrected chi connectivity index (χ0v) is 12.6. The van der Waals surface area contributed by atoms with E-state index in [1.165, 1.54) is 12.1 Å². The number of hydrogen-bond donors (Lipinski definition) is 2. The van der Waals surface area contributed by atoms with Gasteiger partial charge in [0.15, 0.2) is 4.90 Å². The fraction of sp³-hybridized carbons (Fsp3) is 0.538. The van der Waals surface area contributed by atoms with Gasteiger partial charge in [0.1, 0.15) is 0 Å². The third kappa shape index (κ3) is 3.70. The van der Waals surface area contributed by atoms with Crippen LogP contribution in [0.2, 0.25) is 0 Å². The van der Waals surface area contributed by atoms with Crippen LogP contribution < -0.4 is 10.5 Å². The maximum atomic E-state index is 12.4. The minimum absolute atomic E-state index is 0.159. The Morgan fingerprint density at radius 2 is 2.10 bits per heavy atom. The molecule has 2 unspecified atom stereocenters. The summed E-state index contributed by atoms with van der Waals surface area (Å²) in [7, 11) is -3.92. The minimum Gasteiger partial charge on any atom is -0.399 e. The second-order valence-electron chi connectivity index (χ2n) is 5.57. The molecule has 1 aromatic rings. The molecule has 2 rings (SSSR count). The summed E-state index contributed by atoms with van der Waals surface area (Å²) in [6.07, 6.45) is 3.55. The van der Waals surface area contributed by atoms with Crippen molar-refractivity contribution in [2.75, 3.05) is 5.73 Å². The van der Waals surface area contributed by atoms with Crippen molar-refractivity contribution in [3.8, 4) is 0 Å². The molecule has 0 bridgehead atoms. The normalized spacial score (nSPS) is 22.9. The molecule has 0 spiro atoms. The van der Waals surface area contributed by atoms with Gasteiger partial charge in [-0.05, 0) is 30.9 Å². The molecule has 8 heteroatoms.